The number of benzene rings is 1. The Balaban J connectivity index is 1.94. The van der Waals surface area contributed by atoms with Crippen molar-refractivity contribution in [2.45, 2.75) is 19.1 Å². The zero-order valence-corrected chi connectivity index (χ0v) is 17.2. The van der Waals surface area contributed by atoms with E-state index >= 15 is 0 Å². The normalized spacial score (nSPS) is 19.2. The molecule has 10 heteroatoms. The number of nitrogens with zero attached hydrogens (tertiary/aromatic N) is 3. The van der Waals surface area contributed by atoms with E-state index in [0.29, 0.717) is 16.3 Å². The monoisotopic (exact) mass is 420 g/mol. The lowest BCUT2D eigenvalue weighted by molar-refractivity contribution is -0.160. The van der Waals surface area contributed by atoms with Crippen LogP contribution in [0, 0.1) is 6.92 Å². The van der Waals surface area contributed by atoms with Crippen molar-refractivity contribution in [3.63, 3.8) is 0 Å². The van der Waals surface area contributed by atoms with Gasteiger partial charge in [0.2, 0.25) is 5.91 Å². The van der Waals surface area contributed by atoms with Crippen LogP contribution in [0.4, 0.5) is 5.69 Å². The fourth-order valence-corrected chi connectivity index (χ4v) is 3.45. The van der Waals surface area contributed by atoms with Crippen LogP contribution in [0.15, 0.2) is 24.3 Å². The van der Waals surface area contributed by atoms with Crippen LogP contribution >= 0.6 is 11.6 Å². The average Bonchev–Trinajstić information content (AvgIpc) is 2.97. The molecular weight excluding hydrogens is 400 g/mol. The van der Waals surface area contributed by atoms with E-state index in [-0.39, 0.29) is 23.9 Å². The first kappa shape index (κ1) is 20.8. The van der Waals surface area contributed by atoms with Gasteiger partial charge in [-0.05, 0) is 24.6 Å². The first-order valence-corrected chi connectivity index (χ1v) is 9.18. The SMILES string of the molecule is COC(=O)c1c(NC(=O)C2OCC(=O)N(C)C2c2ccc(Cl)cc2)c(C)nn1C. The van der Waals surface area contributed by atoms with Gasteiger partial charge in [-0.25, -0.2) is 4.79 Å². The van der Waals surface area contributed by atoms with Crippen molar-refractivity contribution in [2.75, 3.05) is 26.1 Å². The highest BCUT2D eigenvalue weighted by atomic mass is 35.5. The Labute approximate surface area is 172 Å². The van der Waals surface area contributed by atoms with Gasteiger partial charge in [0.25, 0.3) is 5.91 Å². The van der Waals surface area contributed by atoms with Gasteiger partial charge in [0.15, 0.2) is 11.8 Å². The maximum atomic E-state index is 13.1. The van der Waals surface area contributed by atoms with Crippen molar-refractivity contribution >= 4 is 35.1 Å². The molecule has 0 aliphatic carbocycles. The standard InChI is InChI=1S/C19H21ClN4O5/c1-10-14(16(19(27)28-4)24(3)22-10)21-18(26)17-15(23(2)13(25)9-29-17)11-5-7-12(20)8-6-11/h5-8,15,17H,9H2,1-4H3,(H,21,26). The maximum Gasteiger partial charge on any atom is 0.358 e. The fourth-order valence-electron chi connectivity index (χ4n) is 3.32. The molecule has 2 heterocycles. The molecule has 0 bridgehead atoms. The van der Waals surface area contributed by atoms with Crippen molar-refractivity contribution < 1.29 is 23.9 Å². The number of anilines is 1. The lowest BCUT2D eigenvalue weighted by atomic mass is 9.97. The number of carbonyl (C=O) groups is 3. The number of likely N-dealkylation sites (N-methyl/N-ethyl adjacent to an activating group) is 1. The van der Waals surface area contributed by atoms with Crippen LogP contribution < -0.4 is 5.32 Å². The number of rotatable bonds is 4. The van der Waals surface area contributed by atoms with Gasteiger partial charge in [-0.15, -0.1) is 0 Å². The molecule has 2 amide bonds. The number of halogens is 1. The third kappa shape index (κ3) is 3.96. The molecule has 1 fully saturated rings. The summed E-state index contributed by atoms with van der Waals surface area (Å²) >= 11 is 5.96. The molecule has 1 aliphatic heterocycles. The van der Waals surface area contributed by atoms with Crippen molar-refractivity contribution in [2.24, 2.45) is 7.05 Å². The summed E-state index contributed by atoms with van der Waals surface area (Å²) in [7, 11) is 4.44. The number of ether oxygens (including phenoxy) is 2. The molecule has 3 rings (SSSR count). The van der Waals surface area contributed by atoms with Crippen LogP contribution in [0.1, 0.15) is 27.8 Å². The summed E-state index contributed by atoms with van der Waals surface area (Å²) in [5.41, 5.74) is 1.50. The summed E-state index contributed by atoms with van der Waals surface area (Å²) < 4.78 is 11.7. The Kier molecular flexibility index (Phi) is 5.90. The summed E-state index contributed by atoms with van der Waals surface area (Å²) in [5.74, 6) is -1.39. The van der Waals surface area contributed by atoms with E-state index in [1.165, 1.54) is 16.7 Å². The molecule has 1 saturated heterocycles. The zero-order valence-electron chi connectivity index (χ0n) is 16.4. The van der Waals surface area contributed by atoms with Gasteiger partial charge in [0.1, 0.15) is 6.61 Å². The minimum absolute atomic E-state index is 0.113. The third-order valence-electron chi connectivity index (χ3n) is 4.80. The predicted molar refractivity (Wildman–Crippen MR) is 105 cm³/mol. The van der Waals surface area contributed by atoms with Crippen molar-refractivity contribution in [3.05, 3.63) is 46.2 Å². The van der Waals surface area contributed by atoms with E-state index in [1.54, 1.807) is 45.3 Å². The van der Waals surface area contributed by atoms with Crippen LogP contribution in [0.25, 0.3) is 0 Å². The highest BCUT2D eigenvalue weighted by molar-refractivity contribution is 6.30. The number of nitrogens with one attached hydrogen (secondary N) is 1. The van der Waals surface area contributed by atoms with Gasteiger partial charge >= 0.3 is 5.97 Å². The molecule has 29 heavy (non-hydrogen) atoms. The molecule has 1 aromatic heterocycles. The second-order valence-corrected chi connectivity index (χ2v) is 7.08. The van der Waals surface area contributed by atoms with Gasteiger partial charge < -0.3 is 19.7 Å². The minimum Gasteiger partial charge on any atom is -0.464 e. The van der Waals surface area contributed by atoms with E-state index in [1.807, 2.05) is 0 Å². The lowest BCUT2D eigenvalue weighted by Gasteiger charge is -2.38. The van der Waals surface area contributed by atoms with Crippen LogP contribution in [0.5, 0.6) is 0 Å². The number of methoxy groups -OCH3 is 1. The van der Waals surface area contributed by atoms with Gasteiger partial charge in [-0.2, -0.15) is 5.10 Å². The first-order valence-electron chi connectivity index (χ1n) is 8.80. The fraction of sp³-hybridized carbons (Fsp3) is 0.368. The van der Waals surface area contributed by atoms with Gasteiger partial charge in [-0.1, -0.05) is 23.7 Å². The molecule has 2 aromatic rings. The highest BCUT2D eigenvalue weighted by Gasteiger charge is 2.40. The summed E-state index contributed by atoms with van der Waals surface area (Å²) in [4.78, 5) is 38.9. The van der Waals surface area contributed by atoms with E-state index < -0.39 is 24.0 Å². The summed E-state index contributed by atoms with van der Waals surface area (Å²) in [5, 5.41) is 7.43. The molecule has 0 saturated carbocycles. The van der Waals surface area contributed by atoms with Gasteiger partial charge in [0.05, 0.1) is 24.5 Å². The molecule has 2 atom stereocenters. The molecular formula is C19H21ClN4O5. The molecule has 1 aliphatic rings. The number of aromatic nitrogens is 2. The average molecular weight is 421 g/mol. The number of esters is 1. The van der Waals surface area contributed by atoms with Gasteiger partial charge in [0, 0.05) is 19.1 Å². The van der Waals surface area contributed by atoms with Crippen LogP contribution in [0.2, 0.25) is 5.02 Å². The zero-order chi connectivity index (χ0) is 21.3. The molecule has 2 unspecified atom stereocenters. The largest absolute Gasteiger partial charge is 0.464 e. The Morgan fingerprint density at radius 1 is 1.28 bits per heavy atom. The number of morpholine rings is 1. The number of amides is 2. The topological polar surface area (TPSA) is 103 Å². The Morgan fingerprint density at radius 3 is 2.55 bits per heavy atom. The Hall–Kier alpha value is -2.91. The van der Waals surface area contributed by atoms with Crippen molar-refractivity contribution in [1.82, 2.24) is 14.7 Å². The van der Waals surface area contributed by atoms with E-state index in [4.69, 9.17) is 21.1 Å². The Morgan fingerprint density at radius 2 is 1.93 bits per heavy atom. The lowest BCUT2D eigenvalue weighted by Crippen LogP contribution is -2.51. The van der Waals surface area contributed by atoms with E-state index in [0.717, 1.165) is 0 Å². The minimum atomic E-state index is -0.996. The predicted octanol–water partition coefficient (Wildman–Crippen LogP) is 1.71. The van der Waals surface area contributed by atoms with Crippen LogP contribution in [-0.4, -0.2) is 59.3 Å². The van der Waals surface area contributed by atoms with Crippen LogP contribution in [-0.2, 0) is 26.1 Å². The Bertz CT molecular complexity index is 956. The molecule has 1 N–H and O–H groups in total. The number of aryl methyl sites for hydroxylation is 2. The quantitative estimate of drug-likeness (QED) is 0.755. The molecule has 154 valence electrons. The van der Waals surface area contributed by atoms with Crippen molar-refractivity contribution in [3.8, 4) is 0 Å². The molecule has 0 radical (unpaired) electrons. The van der Waals surface area contributed by atoms with Gasteiger partial charge in [-0.3, -0.25) is 14.3 Å². The number of hydrogen-bond donors (Lipinski definition) is 1. The number of carbonyl (C=O) groups excluding carboxylic acids is 3. The number of hydrogen-bond acceptors (Lipinski definition) is 6. The summed E-state index contributed by atoms with van der Waals surface area (Å²) in [6.45, 7) is 1.44. The second kappa shape index (κ2) is 8.22. The summed E-state index contributed by atoms with van der Waals surface area (Å²) in [6.07, 6.45) is -0.996. The smallest absolute Gasteiger partial charge is 0.358 e. The highest BCUT2D eigenvalue weighted by Crippen LogP contribution is 2.31. The first-order chi connectivity index (χ1) is 13.7. The maximum absolute atomic E-state index is 13.1. The molecule has 0 spiro atoms. The van der Waals surface area contributed by atoms with E-state index in [9.17, 15) is 14.4 Å². The third-order valence-corrected chi connectivity index (χ3v) is 5.05. The molecule has 1 aromatic carbocycles. The summed E-state index contributed by atoms with van der Waals surface area (Å²) in [6, 6.07) is 6.17. The van der Waals surface area contributed by atoms with Crippen LogP contribution in [0.3, 0.4) is 0 Å². The van der Waals surface area contributed by atoms with E-state index in [2.05, 4.69) is 10.4 Å². The van der Waals surface area contributed by atoms with Crippen molar-refractivity contribution in [1.29, 1.82) is 0 Å². The molecule has 9 nitrogen and oxygen atoms in total. The second-order valence-electron chi connectivity index (χ2n) is 6.65.